The van der Waals surface area contributed by atoms with E-state index in [-0.39, 0.29) is 17.0 Å². The predicted octanol–water partition coefficient (Wildman–Crippen LogP) is 2.43. The van der Waals surface area contributed by atoms with Crippen LogP contribution in [0.3, 0.4) is 0 Å². The Hall–Kier alpha value is -1.42. The molecule has 0 unspecified atom stereocenters. The van der Waals surface area contributed by atoms with Crippen molar-refractivity contribution in [1.82, 2.24) is 5.32 Å². The second-order valence-corrected chi connectivity index (χ2v) is 5.06. The van der Waals surface area contributed by atoms with Crippen LogP contribution < -0.4 is 5.32 Å². The minimum Gasteiger partial charge on any atom is -0.381 e. The van der Waals surface area contributed by atoms with Gasteiger partial charge in [0.05, 0.1) is 5.56 Å². The van der Waals surface area contributed by atoms with Crippen LogP contribution in [0.1, 0.15) is 35.7 Å². The number of halogens is 1. The zero-order valence-corrected chi connectivity index (χ0v) is 10.8. The molecule has 0 bridgehead atoms. The summed E-state index contributed by atoms with van der Waals surface area (Å²) in [4.78, 5) is 12.1. The van der Waals surface area contributed by atoms with Gasteiger partial charge < -0.3 is 10.1 Å². The Morgan fingerprint density at radius 1 is 1.39 bits per heavy atom. The highest BCUT2D eigenvalue weighted by Crippen LogP contribution is 2.21. The first-order valence-electron chi connectivity index (χ1n) is 6.17. The molecular weight excluding hydrogens is 233 g/mol. The standard InChI is InChI=1S/C14H18FNO2/c1-10-4-3-5-11(12(10)15)13(17)16-14(2)6-8-18-9-7-14/h3-5H,6-9H2,1-2H3,(H,16,17). The van der Waals surface area contributed by atoms with Crippen LogP contribution in [-0.2, 0) is 4.74 Å². The largest absolute Gasteiger partial charge is 0.381 e. The smallest absolute Gasteiger partial charge is 0.254 e. The SMILES string of the molecule is Cc1cccc(C(=O)NC2(C)CCOCC2)c1F. The Kier molecular flexibility index (Phi) is 3.66. The Balaban J connectivity index is 2.14. The highest BCUT2D eigenvalue weighted by molar-refractivity contribution is 5.95. The van der Waals surface area contributed by atoms with Crippen LogP contribution in [0.25, 0.3) is 0 Å². The van der Waals surface area contributed by atoms with E-state index >= 15 is 0 Å². The van der Waals surface area contributed by atoms with E-state index in [1.807, 2.05) is 6.92 Å². The first-order valence-corrected chi connectivity index (χ1v) is 6.17. The van der Waals surface area contributed by atoms with E-state index in [2.05, 4.69) is 5.32 Å². The molecule has 18 heavy (non-hydrogen) atoms. The van der Waals surface area contributed by atoms with E-state index in [0.29, 0.717) is 18.8 Å². The number of nitrogens with one attached hydrogen (secondary N) is 1. The lowest BCUT2D eigenvalue weighted by atomic mass is 9.92. The van der Waals surface area contributed by atoms with Crippen molar-refractivity contribution in [3.05, 3.63) is 35.1 Å². The first-order chi connectivity index (χ1) is 8.52. The molecule has 1 aliphatic rings. The van der Waals surface area contributed by atoms with Gasteiger partial charge in [0.25, 0.3) is 5.91 Å². The zero-order chi connectivity index (χ0) is 13.2. The van der Waals surface area contributed by atoms with Gasteiger partial charge in [-0.05, 0) is 38.3 Å². The zero-order valence-electron chi connectivity index (χ0n) is 10.8. The van der Waals surface area contributed by atoms with Crippen molar-refractivity contribution < 1.29 is 13.9 Å². The maximum Gasteiger partial charge on any atom is 0.254 e. The quantitative estimate of drug-likeness (QED) is 0.876. The summed E-state index contributed by atoms with van der Waals surface area (Å²) >= 11 is 0. The van der Waals surface area contributed by atoms with Gasteiger partial charge in [-0.2, -0.15) is 0 Å². The third-order valence-corrected chi connectivity index (χ3v) is 3.45. The highest BCUT2D eigenvalue weighted by atomic mass is 19.1. The lowest BCUT2D eigenvalue weighted by Crippen LogP contribution is -2.49. The van der Waals surface area contributed by atoms with Crippen LogP contribution in [0, 0.1) is 12.7 Å². The van der Waals surface area contributed by atoms with Gasteiger partial charge in [-0.25, -0.2) is 4.39 Å². The van der Waals surface area contributed by atoms with Crippen molar-refractivity contribution in [3.8, 4) is 0 Å². The topological polar surface area (TPSA) is 38.3 Å². The van der Waals surface area contributed by atoms with E-state index in [0.717, 1.165) is 12.8 Å². The minimum absolute atomic E-state index is 0.114. The molecule has 0 aromatic heterocycles. The third-order valence-electron chi connectivity index (χ3n) is 3.45. The summed E-state index contributed by atoms with van der Waals surface area (Å²) in [5, 5.41) is 2.92. The van der Waals surface area contributed by atoms with Crippen molar-refractivity contribution in [2.75, 3.05) is 13.2 Å². The summed E-state index contributed by atoms with van der Waals surface area (Å²) in [5.41, 5.74) is 0.299. The average molecular weight is 251 g/mol. The minimum atomic E-state index is -0.439. The molecule has 0 atom stereocenters. The van der Waals surface area contributed by atoms with E-state index in [1.165, 1.54) is 6.07 Å². The molecule has 1 N–H and O–H groups in total. The van der Waals surface area contributed by atoms with Gasteiger partial charge in [0.2, 0.25) is 0 Å². The lowest BCUT2D eigenvalue weighted by Gasteiger charge is -2.34. The van der Waals surface area contributed by atoms with Gasteiger partial charge in [-0.15, -0.1) is 0 Å². The van der Waals surface area contributed by atoms with Crippen LogP contribution in [0.4, 0.5) is 4.39 Å². The van der Waals surface area contributed by atoms with Crippen LogP contribution in [-0.4, -0.2) is 24.7 Å². The molecular formula is C14H18FNO2. The van der Waals surface area contributed by atoms with Gasteiger partial charge in [0, 0.05) is 18.8 Å². The van der Waals surface area contributed by atoms with Crippen LogP contribution in [0.15, 0.2) is 18.2 Å². The number of carbonyl (C=O) groups excluding carboxylic acids is 1. The van der Waals surface area contributed by atoms with Gasteiger partial charge in [0.15, 0.2) is 0 Å². The van der Waals surface area contributed by atoms with E-state index in [1.54, 1.807) is 19.1 Å². The van der Waals surface area contributed by atoms with Gasteiger partial charge in [-0.1, -0.05) is 12.1 Å². The lowest BCUT2D eigenvalue weighted by molar-refractivity contribution is 0.0421. The van der Waals surface area contributed by atoms with Crippen molar-refractivity contribution in [3.63, 3.8) is 0 Å². The van der Waals surface area contributed by atoms with E-state index in [9.17, 15) is 9.18 Å². The number of benzene rings is 1. The molecule has 1 saturated heterocycles. The molecule has 0 saturated carbocycles. The molecule has 1 amide bonds. The van der Waals surface area contributed by atoms with Gasteiger partial charge in [-0.3, -0.25) is 4.79 Å². The van der Waals surface area contributed by atoms with Crippen molar-refractivity contribution in [2.24, 2.45) is 0 Å². The van der Waals surface area contributed by atoms with Crippen LogP contribution in [0.2, 0.25) is 0 Å². The number of amides is 1. The Morgan fingerprint density at radius 3 is 2.72 bits per heavy atom. The molecule has 1 aliphatic heterocycles. The summed E-state index contributed by atoms with van der Waals surface area (Å²) in [7, 11) is 0. The fourth-order valence-corrected chi connectivity index (χ4v) is 2.11. The molecule has 0 spiro atoms. The fourth-order valence-electron chi connectivity index (χ4n) is 2.11. The normalized spacial score (nSPS) is 18.4. The second-order valence-electron chi connectivity index (χ2n) is 5.06. The maximum atomic E-state index is 13.8. The predicted molar refractivity (Wildman–Crippen MR) is 67.1 cm³/mol. The molecule has 98 valence electrons. The molecule has 0 radical (unpaired) electrons. The number of hydrogen-bond donors (Lipinski definition) is 1. The number of ether oxygens (including phenoxy) is 1. The number of aryl methyl sites for hydroxylation is 1. The Labute approximate surface area is 106 Å². The summed E-state index contributed by atoms with van der Waals surface area (Å²) in [6.45, 7) is 4.89. The third kappa shape index (κ3) is 2.70. The van der Waals surface area contributed by atoms with Crippen LogP contribution in [0.5, 0.6) is 0 Å². The van der Waals surface area contributed by atoms with E-state index < -0.39 is 5.82 Å². The fraction of sp³-hybridized carbons (Fsp3) is 0.500. The molecule has 1 aromatic rings. The molecule has 1 aromatic carbocycles. The summed E-state index contributed by atoms with van der Waals surface area (Å²) in [6.07, 6.45) is 1.51. The molecule has 0 aliphatic carbocycles. The molecule has 4 heteroatoms. The van der Waals surface area contributed by atoms with Crippen molar-refractivity contribution in [2.45, 2.75) is 32.2 Å². The number of rotatable bonds is 2. The number of hydrogen-bond acceptors (Lipinski definition) is 2. The van der Waals surface area contributed by atoms with Crippen molar-refractivity contribution in [1.29, 1.82) is 0 Å². The molecule has 1 heterocycles. The first kappa shape index (κ1) is 13.0. The summed E-state index contributed by atoms with van der Waals surface area (Å²) in [6, 6.07) is 4.86. The van der Waals surface area contributed by atoms with Crippen molar-refractivity contribution >= 4 is 5.91 Å². The molecule has 3 nitrogen and oxygen atoms in total. The van der Waals surface area contributed by atoms with Crippen LogP contribution >= 0.6 is 0 Å². The molecule has 2 rings (SSSR count). The molecule has 1 fully saturated rings. The average Bonchev–Trinajstić information content (AvgIpc) is 2.33. The summed E-state index contributed by atoms with van der Waals surface area (Å²) < 4.78 is 19.1. The highest BCUT2D eigenvalue weighted by Gasteiger charge is 2.30. The Bertz CT molecular complexity index is 453. The summed E-state index contributed by atoms with van der Waals surface area (Å²) in [5.74, 6) is -0.786. The van der Waals surface area contributed by atoms with Gasteiger partial charge >= 0.3 is 0 Å². The maximum absolute atomic E-state index is 13.8. The monoisotopic (exact) mass is 251 g/mol. The Morgan fingerprint density at radius 2 is 2.06 bits per heavy atom. The van der Waals surface area contributed by atoms with Gasteiger partial charge in [0.1, 0.15) is 5.82 Å². The number of carbonyl (C=O) groups is 1. The second kappa shape index (κ2) is 5.06. The van der Waals surface area contributed by atoms with E-state index in [4.69, 9.17) is 4.74 Å².